The van der Waals surface area contributed by atoms with Gasteiger partial charge >= 0.3 is 5.82 Å². The minimum atomic E-state index is 0. The van der Waals surface area contributed by atoms with Crippen molar-refractivity contribution in [1.82, 2.24) is 10.2 Å². The number of hydrogen-bond donors (Lipinski definition) is 1. The van der Waals surface area contributed by atoms with E-state index in [1.165, 1.54) is 0 Å². The maximum absolute atomic E-state index is 8.74. The highest BCUT2D eigenvalue weighted by atomic mass is 35.5. The van der Waals surface area contributed by atoms with Crippen LogP contribution >= 0.6 is 0 Å². The summed E-state index contributed by atoms with van der Waals surface area (Å²) in [4.78, 5) is 3.13. The van der Waals surface area contributed by atoms with E-state index in [1.54, 1.807) is 0 Å². The number of H-pyrrole nitrogens is 1. The molecule has 0 atom stereocenters. The van der Waals surface area contributed by atoms with E-state index in [4.69, 9.17) is 5.39 Å². The molecule has 2 rings (SSSR count). The number of halogens is 1. The van der Waals surface area contributed by atoms with Gasteiger partial charge in [-0.3, -0.25) is 0 Å². The molecule has 0 spiro atoms. The van der Waals surface area contributed by atoms with Crippen molar-refractivity contribution in [2.45, 2.75) is 6.92 Å². The summed E-state index contributed by atoms with van der Waals surface area (Å²) in [7, 11) is 0. The molecule has 0 aliphatic rings. The van der Waals surface area contributed by atoms with Crippen LogP contribution in [-0.2, 0) is 0 Å². The van der Waals surface area contributed by atoms with Crippen molar-refractivity contribution in [3.63, 3.8) is 0 Å². The molecule has 0 amide bonds. The Bertz CT molecular complexity index is 484. The number of benzene rings is 1. The van der Waals surface area contributed by atoms with Crippen LogP contribution in [0.1, 0.15) is 5.69 Å². The Morgan fingerprint density at radius 2 is 1.93 bits per heavy atom. The lowest BCUT2D eigenvalue weighted by atomic mass is 10.1. The SMILES string of the molecule is Cc1[nH]nc([N+]#N)c1-c1ccccc1.[Cl-]. The lowest BCUT2D eigenvalue weighted by molar-refractivity contribution is -0.00000320. The zero-order valence-electron chi connectivity index (χ0n) is 8.11. The molecule has 0 saturated heterocycles. The fourth-order valence-corrected chi connectivity index (χ4v) is 1.44. The second-order valence-corrected chi connectivity index (χ2v) is 3.01. The molecule has 1 aromatic carbocycles. The fourth-order valence-electron chi connectivity index (χ4n) is 1.44. The molecular weight excluding hydrogens is 212 g/mol. The summed E-state index contributed by atoms with van der Waals surface area (Å²) >= 11 is 0. The van der Waals surface area contributed by atoms with Gasteiger partial charge < -0.3 is 12.4 Å². The van der Waals surface area contributed by atoms with E-state index in [9.17, 15) is 0 Å². The Hall–Kier alpha value is -1.86. The van der Waals surface area contributed by atoms with Crippen LogP contribution in [0.3, 0.4) is 0 Å². The summed E-state index contributed by atoms with van der Waals surface area (Å²) in [6, 6.07) is 9.71. The standard InChI is InChI=1S/C10H9N4.ClH/c1-7-9(10(12-11)14-13-7)8-5-3-2-4-6-8;/h2-6H,1H3,(H,13,14);1H/q+1;/p-1. The summed E-state index contributed by atoms with van der Waals surface area (Å²) in [6.07, 6.45) is 0. The van der Waals surface area contributed by atoms with Crippen molar-refractivity contribution < 1.29 is 12.4 Å². The normalized spacial score (nSPS) is 9.07. The van der Waals surface area contributed by atoms with Gasteiger partial charge in [-0.25, -0.2) is 0 Å². The molecule has 0 saturated carbocycles. The molecular formula is C10H9ClN4. The molecule has 0 unspecified atom stereocenters. The number of aromatic amines is 1. The first-order valence-electron chi connectivity index (χ1n) is 4.28. The Balaban J connectivity index is 0.00000112. The Kier molecular flexibility index (Phi) is 3.42. The second kappa shape index (κ2) is 4.58. The van der Waals surface area contributed by atoms with Crippen LogP contribution in [0.2, 0.25) is 0 Å². The summed E-state index contributed by atoms with van der Waals surface area (Å²) in [5.74, 6) is 0.328. The monoisotopic (exact) mass is 220 g/mol. The van der Waals surface area contributed by atoms with Crippen molar-refractivity contribution in [3.8, 4) is 11.1 Å². The van der Waals surface area contributed by atoms with Crippen LogP contribution in [0.5, 0.6) is 0 Å². The first-order valence-corrected chi connectivity index (χ1v) is 4.28. The Morgan fingerprint density at radius 1 is 1.27 bits per heavy atom. The highest BCUT2D eigenvalue weighted by Gasteiger charge is 2.21. The van der Waals surface area contributed by atoms with Crippen LogP contribution < -0.4 is 12.4 Å². The number of nitrogens with one attached hydrogen (secondary N) is 1. The minimum absolute atomic E-state index is 0. The number of nitrogens with zero attached hydrogens (tertiary/aromatic N) is 3. The second-order valence-electron chi connectivity index (χ2n) is 3.01. The zero-order valence-corrected chi connectivity index (χ0v) is 8.86. The Morgan fingerprint density at radius 3 is 2.53 bits per heavy atom. The molecule has 0 aliphatic heterocycles. The van der Waals surface area contributed by atoms with Gasteiger partial charge in [-0.15, -0.1) is 0 Å². The largest absolute Gasteiger partial charge is 1.00 e. The quantitative estimate of drug-likeness (QED) is 0.681. The van der Waals surface area contributed by atoms with E-state index in [0.717, 1.165) is 16.8 Å². The molecule has 76 valence electrons. The third-order valence-electron chi connectivity index (χ3n) is 2.09. The van der Waals surface area contributed by atoms with Crippen molar-refractivity contribution in [2.75, 3.05) is 0 Å². The molecule has 0 bridgehead atoms. The van der Waals surface area contributed by atoms with Gasteiger partial charge in [0, 0.05) is 4.98 Å². The van der Waals surface area contributed by atoms with Gasteiger partial charge in [-0.2, -0.15) is 5.10 Å². The number of diazo groups is 1. The number of hydrogen-bond acceptors (Lipinski definition) is 2. The third kappa shape index (κ3) is 1.97. The van der Waals surface area contributed by atoms with Gasteiger partial charge in [0.1, 0.15) is 5.56 Å². The lowest BCUT2D eigenvalue weighted by Gasteiger charge is -1.94. The topological polar surface area (TPSA) is 56.8 Å². The minimum Gasteiger partial charge on any atom is -1.00 e. The van der Waals surface area contributed by atoms with E-state index in [0.29, 0.717) is 5.82 Å². The molecule has 0 fully saturated rings. The van der Waals surface area contributed by atoms with Gasteiger partial charge in [0.2, 0.25) is 0 Å². The van der Waals surface area contributed by atoms with Gasteiger partial charge in [0.15, 0.2) is 0 Å². The highest BCUT2D eigenvalue weighted by molar-refractivity contribution is 5.77. The Labute approximate surface area is 93.4 Å². The number of rotatable bonds is 1. The van der Waals surface area contributed by atoms with E-state index >= 15 is 0 Å². The first kappa shape index (κ1) is 11.2. The number of aryl methyl sites for hydroxylation is 1. The van der Waals surface area contributed by atoms with Crippen molar-refractivity contribution in [2.24, 2.45) is 0 Å². The highest BCUT2D eigenvalue weighted by Crippen LogP contribution is 2.30. The van der Waals surface area contributed by atoms with Crippen LogP contribution in [0.15, 0.2) is 30.3 Å². The average molecular weight is 221 g/mol. The van der Waals surface area contributed by atoms with Crippen molar-refractivity contribution >= 4 is 5.82 Å². The maximum Gasteiger partial charge on any atom is 0.495 e. The maximum atomic E-state index is 8.74. The van der Waals surface area contributed by atoms with Crippen LogP contribution in [0.4, 0.5) is 5.82 Å². The molecule has 0 aliphatic carbocycles. The first-order chi connectivity index (χ1) is 6.83. The smallest absolute Gasteiger partial charge is 0.495 e. The van der Waals surface area contributed by atoms with Gasteiger partial charge in [0.05, 0.1) is 16.2 Å². The molecule has 1 aromatic heterocycles. The van der Waals surface area contributed by atoms with Crippen LogP contribution in [0.25, 0.3) is 16.1 Å². The fraction of sp³-hybridized carbons (Fsp3) is 0.100. The number of aromatic nitrogens is 2. The molecule has 0 radical (unpaired) electrons. The summed E-state index contributed by atoms with van der Waals surface area (Å²) in [6.45, 7) is 1.89. The van der Waals surface area contributed by atoms with Crippen LogP contribution in [0, 0.1) is 12.3 Å². The van der Waals surface area contributed by atoms with E-state index in [1.807, 2.05) is 37.3 Å². The van der Waals surface area contributed by atoms with E-state index < -0.39 is 0 Å². The van der Waals surface area contributed by atoms with Crippen LogP contribution in [-0.4, -0.2) is 10.2 Å². The molecule has 1 heterocycles. The molecule has 1 N–H and O–H groups in total. The van der Waals surface area contributed by atoms with Crippen molar-refractivity contribution in [1.29, 1.82) is 5.39 Å². The third-order valence-corrected chi connectivity index (χ3v) is 2.09. The zero-order chi connectivity index (χ0) is 9.97. The molecule has 4 nitrogen and oxygen atoms in total. The summed E-state index contributed by atoms with van der Waals surface area (Å²) < 4.78 is 0. The summed E-state index contributed by atoms with van der Waals surface area (Å²) in [5, 5.41) is 15.4. The van der Waals surface area contributed by atoms with Gasteiger partial charge in [-0.1, -0.05) is 30.3 Å². The van der Waals surface area contributed by atoms with Gasteiger partial charge in [0.25, 0.3) is 0 Å². The molecule has 15 heavy (non-hydrogen) atoms. The predicted molar refractivity (Wildman–Crippen MR) is 53.5 cm³/mol. The molecule has 5 heteroatoms. The molecule has 2 aromatic rings. The van der Waals surface area contributed by atoms with Crippen molar-refractivity contribution in [3.05, 3.63) is 41.0 Å². The predicted octanol–water partition coefficient (Wildman–Crippen LogP) is -0.126. The lowest BCUT2D eigenvalue weighted by Crippen LogP contribution is -3.00. The van der Waals surface area contributed by atoms with E-state index in [-0.39, 0.29) is 12.4 Å². The average Bonchev–Trinajstić information content (AvgIpc) is 2.61. The van der Waals surface area contributed by atoms with Gasteiger partial charge in [-0.05, 0) is 12.5 Å². The summed E-state index contributed by atoms with van der Waals surface area (Å²) in [5.41, 5.74) is 2.73. The van der Waals surface area contributed by atoms with E-state index in [2.05, 4.69) is 15.2 Å².